The minimum Gasteiger partial charge on any atom is -0.359 e. The number of nitrogens with zero attached hydrogens (tertiary/aromatic N) is 1. The van der Waals surface area contributed by atoms with Crippen LogP contribution in [0.5, 0.6) is 0 Å². The maximum Gasteiger partial charge on any atom is 0.237 e. The van der Waals surface area contributed by atoms with E-state index in [9.17, 15) is 4.79 Å². The van der Waals surface area contributed by atoms with Crippen molar-refractivity contribution >= 4 is 5.91 Å². The van der Waals surface area contributed by atoms with Crippen LogP contribution in [0.3, 0.4) is 0 Å². The van der Waals surface area contributed by atoms with Crippen molar-refractivity contribution in [3.05, 3.63) is 17.5 Å². The summed E-state index contributed by atoms with van der Waals surface area (Å²) in [7, 11) is 0. The summed E-state index contributed by atoms with van der Waals surface area (Å²) in [5.74, 6) is 0.510. The number of aryl methyl sites for hydroxylation is 1. The number of nitrogens with two attached hydrogens (primary N) is 1. The minimum atomic E-state index is -0.427. The van der Waals surface area contributed by atoms with Gasteiger partial charge in [-0.15, -0.1) is 0 Å². The molecule has 1 unspecified atom stereocenters. The number of nitrogens with one attached hydrogen (secondary N) is 1. The Balaban J connectivity index is 2.29. The number of hydrogen-bond donors (Lipinski definition) is 2. The summed E-state index contributed by atoms with van der Waals surface area (Å²) in [6, 6.07) is 1.36. The van der Waals surface area contributed by atoms with E-state index in [0.29, 0.717) is 12.3 Å². The second kappa shape index (κ2) is 6.27. The zero-order valence-electron chi connectivity index (χ0n) is 9.82. The van der Waals surface area contributed by atoms with Crippen LogP contribution in [0, 0.1) is 6.92 Å². The van der Waals surface area contributed by atoms with Crippen molar-refractivity contribution in [2.45, 2.75) is 45.7 Å². The van der Waals surface area contributed by atoms with Crippen molar-refractivity contribution in [3.63, 3.8) is 0 Å². The van der Waals surface area contributed by atoms with Gasteiger partial charge in [-0.3, -0.25) is 4.79 Å². The zero-order chi connectivity index (χ0) is 12.0. The smallest absolute Gasteiger partial charge is 0.237 e. The fourth-order valence-electron chi connectivity index (χ4n) is 1.36. The normalized spacial score (nSPS) is 12.4. The van der Waals surface area contributed by atoms with Gasteiger partial charge in [0, 0.05) is 6.07 Å². The van der Waals surface area contributed by atoms with Crippen molar-refractivity contribution in [2.24, 2.45) is 5.73 Å². The standard InChI is InChI=1S/C11H19N3O2/c1-3-4-5-10(12)11(15)13-7-9-6-8(2)14-16-9/h6,10H,3-5,7,12H2,1-2H3,(H,13,15). The number of aromatic nitrogens is 1. The van der Waals surface area contributed by atoms with Gasteiger partial charge in [0.1, 0.15) is 0 Å². The van der Waals surface area contributed by atoms with Crippen molar-refractivity contribution in [1.82, 2.24) is 10.5 Å². The second-order valence-corrected chi connectivity index (χ2v) is 3.90. The summed E-state index contributed by atoms with van der Waals surface area (Å²) in [5.41, 5.74) is 6.52. The van der Waals surface area contributed by atoms with Gasteiger partial charge in [-0.2, -0.15) is 0 Å². The summed E-state index contributed by atoms with van der Waals surface area (Å²) in [6.07, 6.45) is 2.73. The minimum absolute atomic E-state index is 0.137. The van der Waals surface area contributed by atoms with Gasteiger partial charge in [0.15, 0.2) is 5.76 Å². The first-order chi connectivity index (χ1) is 7.63. The van der Waals surface area contributed by atoms with Crippen LogP contribution in [0.1, 0.15) is 37.6 Å². The monoisotopic (exact) mass is 225 g/mol. The average Bonchev–Trinajstić information content (AvgIpc) is 2.68. The predicted octanol–water partition coefficient (Wildman–Crippen LogP) is 1.12. The Bertz CT molecular complexity index is 336. The van der Waals surface area contributed by atoms with Gasteiger partial charge in [0.2, 0.25) is 5.91 Å². The Hall–Kier alpha value is -1.36. The van der Waals surface area contributed by atoms with E-state index in [1.165, 1.54) is 0 Å². The van der Waals surface area contributed by atoms with Crippen LogP contribution in [-0.2, 0) is 11.3 Å². The van der Waals surface area contributed by atoms with E-state index >= 15 is 0 Å². The number of hydrogen-bond acceptors (Lipinski definition) is 4. The van der Waals surface area contributed by atoms with E-state index < -0.39 is 6.04 Å². The maximum absolute atomic E-state index is 11.5. The van der Waals surface area contributed by atoms with E-state index in [0.717, 1.165) is 25.0 Å². The molecule has 0 bridgehead atoms. The van der Waals surface area contributed by atoms with Crippen molar-refractivity contribution in [3.8, 4) is 0 Å². The van der Waals surface area contributed by atoms with Gasteiger partial charge in [0.25, 0.3) is 0 Å². The van der Waals surface area contributed by atoms with Crippen LogP contribution < -0.4 is 11.1 Å². The molecule has 1 atom stereocenters. The van der Waals surface area contributed by atoms with Gasteiger partial charge >= 0.3 is 0 Å². The molecule has 16 heavy (non-hydrogen) atoms. The van der Waals surface area contributed by atoms with Crippen LogP contribution >= 0.6 is 0 Å². The Kier molecular flexibility index (Phi) is 4.98. The molecule has 5 nitrogen and oxygen atoms in total. The fourth-order valence-corrected chi connectivity index (χ4v) is 1.36. The molecule has 0 spiro atoms. The fraction of sp³-hybridized carbons (Fsp3) is 0.636. The molecule has 0 aromatic carbocycles. The highest BCUT2D eigenvalue weighted by Gasteiger charge is 2.12. The topological polar surface area (TPSA) is 81.2 Å². The summed E-state index contributed by atoms with van der Waals surface area (Å²) in [5, 5.41) is 6.45. The lowest BCUT2D eigenvalue weighted by Crippen LogP contribution is -2.40. The Morgan fingerprint density at radius 3 is 3.00 bits per heavy atom. The molecule has 0 saturated carbocycles. The quantitative estimate of drug-likeness (QED) is 0.760. The maximum atomic E-state index is 11.5. The third-order valence-corrected chi connectivity index (χ3v) is 2.32. The first-order valence-electron chi connectivity index (χ1n) is 5.59. The van der Waals surface area contributed by atoms with E-state index in [4.69, 9.17) is 10.3 Å². The molecule has 3 N–H and O–H groups in total. The first kappa shape index (κ1) is 12.7. The second-order valence-electron chi connectivity index (χ2n) is 3.90. The van der Waals surface area contributed by atoms with Crippen molar-refractivity contribution < 1.29 is 9.32 Å². The SMILES string of the molecule is CCCCC(N)C(=O)NCc1cc(C)no1. The molecule has 0 radical (unpaired) electrons. The Labute approximate surface area is 95.4 Å². The highest BCUT2D eigenvalue weighted by atomic mass is 16.5. The molecule has 1 heterocycles. The summed E-state index contributed by atoms with van der Waals surface area (Å²) in [6.45, 7) is 4.25. The Morgan fingerprint density at radius 1 is 1.69 bits per heavy atom. The van der Waals surface area contributed by atoms with Gasteiger partial charge in [-0.1, -0.05) is 24.9 Å². The largest absolute Gasteiger partial charge is 0.359 e. The molecule has 1 amide bonds. The lowest BCUT2D eigenvalue weighted by molar-refractivity contribution is -0.122. The lowest BCUT2D eigenvalue weighted by atomic mass is 10.1. The average molecular weight is 225 g/mol. The molecule has 0 fully saturated rings. The van der Waals surface area contributed by atoms with Crippen LogP contribution in [0.4, 0.5) is 0 Å². The van der Waals surface area contributed by atoms with Crippen LogP contribution in [0.25, 0.3) is 0 Å². The molecule has 0 aliphatic heterocycles. The third kappa shape index (κ3) is 4.02. The van der Waals surface area contributed by atoms with E-state index in [-0.39, 0.29) is 5.91 Å². The number of carbonyl (C=O) groups is 1. The third-order valence-electron chi connectivity index (χ3n) is 2.32. The Morgan fingerprint density at radius 2 is 2.44 bits per heavy atom. The molecule has 90 valence electrons. The molecular formula is C11H19N3O2. The van der Waals surface area contributed by atoms with Gasteiger partial charge < -0.3 is 15.6 Å². The summed E-state index contributed by atoms with van der Waals surface area (Å²) >= 11 is 0. The molecule has 5 heteroatoms. The zero-order valence-corrected chi connectivity index (χ0v) is 9.82. The van der Waals surface area contributed by atoms with E-state index in [1.54, 1.807) is 6.07 Å². The molecule has 0 aliphatic carbocycles. The molecule has 0 saturated heterocycles. The van der Waals surface area contributed by atoms with Crippen molar-refractivity contribution in [1.29, 1.82) is 0 Å². The lowest BCUT2D eigenvalue weighted by Gasteiger charge is -2.10. The molecule has 1 aromatic rings. The van der Waals surface area contributed by atoms with Gasteiger partial charge in [-0.25, -0.2) is 0 Å². The molecule has 1 rings (SSSR count). The highest BCUT2D eigenvalue weighted by molar-refractivity contribution is 5.81. The van der Waals surface area contributed by atoms with Crippen molar-refractivity contribution in [2.75, 3.05) is 0 Å². The first-order valence-corrected chi connectivity index (χ1v) is 5.59. The van der Waals surface area contributed by atoms with Crippen LogP contribution in [-0.4, -0.2) is 17.1 Å². The number of amides is 1. The highest BCUT2D eigenvalue weighted by Crippen LogP contribution is 2.02. The summed E-state index contributed by atoms with van der Waals surface area (Å²) < 4.78 is 4.97. The number of carbonyl (C=O) groups excluding carboxylic acids is 1. The van der Waals surface area contributed by atoms with Gasteiger partial charge in [0.05, 0.1) is 18.3 Å². The molecule has 1 aromatic heterocycles. The predicted molar refractivity (Wildman–Crippen MR) is 60.6 cm³/mol. The number of unbranched alkanes of at least 4 members (excludes halogenated alkanes) is 1. The van der Waals surface area contributed by atoms with Gasteiger partial charge in [-0.05, 0) is 13.3 Å². The van der Waals surface area contributed by atoms with Crippen LogP contribution in [0.15, 0.2) is 10.6 Å². The summed E-state index contributed by atoms with van der Waals surface area (Å²) in [4.78, 5) is 11.5. The molecule has 0 aliphatic rings. The molecular weight excluding hydrogens is 206 g/mol. The van der Waals surface area contributed by atoms with E-state index in [2.05, 4.69) is 17.4 Å². The van der Waals surface area contributed by atoms with Crippen LogP contribution in [0.2, 0.25) is 0 Å². The van der Waals surface area contributed by atoms with E-state index in [1.807, 2.05) is 6.92 Å². The number of rotatable bonds is 6.